The number of rotatable bonds is 6. The highest BCUT2D eigenvalue weighted by Gasteiger charge is 2.15. The van der Waals surface area contributed by atoms with Crippen molar-refractivity contribution in [3.63, 3.8) is 0 Å². The molecule has 0 saturated carbocycles. The maximum Gasteiger partial charge on any atom is 0.163 e. The maximum atomic E-state index is 6.07. The van der Waals surface area contributed by atoms with E-state index in [0.717, 1.165) is 28.0 Å². The van der Waals surface area contributed by atoms with Gasteiger partial charge in [0, 0.05) is 18.7 Å². The molecule has 32 heavy (non-hydrogen) atoms. The number of fused-ring (bicyclic) bond motifs is 1. The number of ether oxygens (including phenoxy) is 2. The van der Waals surface area contributed by atoms with E-state index in [1.165, 1.54) is 6.33 Å². The van der Waals surface area contributed by atoms with Crippen LogP contribution >= 0.6 is 0 Å². The highest BCUT2D eigenvalue weighted by Crippen LogP contribution is 2.32. The smallest absolute Gasteiger partial charge is 0.163 e. The molecule has 5 rings (SSSR count). The van der Waals surface area contributed by atoms with Crippen molar-refractivity contribution < 1.29 is 9.47 Å². The standard InChI is InChI=1S/C25H21N5O2/c1-30-25-22(24(26)27-16-28-25)23(29-30)18-10-12-19(13-11-18)32-21-9-5-8-20(14-21)31-15-17-6-3-2-4-7-17/h2-14,16H,15H2,1H3,(H2,26,27,28). The number of hydrogen-bond donors (Lipinski definition) is 1. The van der Waals surface area contributed by atoms with Crippen LogP contribution in [0.1, 0.15) is 5.56 Å². The van der Waals surface area contributed by atoms with Gasteiger partial charge in [-0.1, -0.05) is 36.4 Å². The van der Waals surface area contributed by atoms with Crippen molar-refractivity contribution in [2.24, 2.45) is 7.05 Å². The summed E-state index contributed by atoms with van der Waals surface area (Å²) in [5.74, 6) is 2.56. The Kier molecular flexibility index (Phi) is 5.13. The first-order chi connectivity index (χ1) is 15.7. The minimum absolute atomic E-state index is 0.408. The van der Waals surface area contributed by atoms with E-state index >= 15 is 0 Å². The molecule has 0 bridgehead atoms. The summed E-state index contributed by atoms with van der Waals surface area (Å²) in [6.45, 7) is 0.504. The van der Waals surface area contributed by atoms with E-state index < -0.39 is 0 Å². The van der Waals surface area contributed by atoms with Crippen LogP contribution in [0.15, 0.2) is 85.2 Å². The molecule has 7 heteroatoms. The monoisotopic (exact) mass is 423 g/mol. The lowest BCUT2D eigenvalue weighted by atomic mass is 10.1. The van der Waals surface area contributed by atoms with E-state index in [9.17, 15) is 0 Å². The summed E-state index contributed by atoms with van der Waals surface area (Å²) in [5, 5.41) is 5.31. The Hall–Kier alpha value is -4.39. The van der Waals surface area contributed by atoms with Gasteiger partial charge in [0.05, 0.1) is 5.39 Å². The Balaban J connectivity index is 1.33. The molecule has 0 aliphatic heterocycles. The second kappa shape index (κ2) is 8.39. The van der Waals surface area contributed by atoms with Crippen molar-refractivity contribution in [3.05, 3.63) is 90.8 Å². The van der Waals surface area contributed by atoms with Gasteiger partial charge in [0.15, 0.2) is 5.65 Å². The van der Waals surface area contributed by atoms with Crippen molar-refractivity contribution in [1.82, 2.24) is 19.7 Å². The van der Waals surface area contributed by atoms with Gasteiger partial charge in [0.25, 0.3) is 0 Å². The Morgan fingerprint density at radius 3 is 2.44 bits per heavy atom. The molecule has 0 aliphatic carbocycles. The Morgan fingerprint density at radius 1 is 0.844 bits per heavy atom. The highest BCUT2D eigenvalue weighted by atomic mass is 16.5. The van der Waals surface area contributed by atoms with E-state index in [-0.39, 0.29) is 0 Å². The number of anilines is 1. The van der Waals surface area contributed by atoms with Gasteiger partial charge < -0.3 is 15.2 Å². The van der Waals surface area contributed by atoms with E-state index in [2.05, 4.69) is 15.1 Å². The molecule has 0 radical (unpaired) electrons. The fraction of sp³-hybridized carbons (Fsp3) is 0.0800. The molecule has 0 fully saturated rings. The lowest BCUT2D eigenvalue weighted by Gasteiger charge is -2.10. The van der Waals surface area contributed by atoms with Gasteiger partial charge >= 0.3 is 0 Å². The van der Waals surface area contributed by atoms with Crippen molar-refractivity contribution >= 4 is 16.9 Å². The first-order valence-electron chi connectivity index (χ1n) is 10.2. The van der Waals surface area contributed by atoms with Gasteiger partial charge in [-0.2, -0.15) is 5.10 Å². The van der Waals surface area contributed by atoms with Crippen LogP contribution in [-0.4, -0.2) is 19.7 Å². The average molecular weight is 423 g/mol. The Morgan fingerprint density at radius 2 is 1.62 bits per heavy atom. The number of nitrogen functional groups attached to an aromatic ring is 1. The van der Waals surface area contributed by atoms with Crippen LogP contribution in [0.5, 0.6) is 17.2 Å². The third-order valence-corrected chi connectivity index (χ3v) is 5.07. The molecule has 0 unspecified atom stereocenters. The summed E-state index contributed by atoms with van der Waals surface area (Å²) in [5.41, 5.74) is 9.53. The van der Waals surface area contributed by atoms with Crippen molar-refractivity contribution in [3.8, 4) is 28.5 Å². The predicted octanol–water partition coefficient (Wildman–Crippen LogP) is 4.98. The molecule has 158 valence electrons. The molecule has 0 spiro atoms. The first kappa shape index (κ1) is 19.6. The first-order valence-corrected chi connectivity index (χ1v) is 10.2. The summed E-state index contributed by atoms with van der Waals surface area (Å²) >= 11 is 0. The van der Waals surface area contributed by atoms with E-state index in [4.69, 9.17) is 15.2 Å². The quantitative estimate of drug-likeness (QED) is 0.414. The largest absolute Gasteiger partial charge is 0.489 e. The lowest BCUT2D eigenvalue weighted by Crippen LogP contribution is -1.95. The molecule has 3 aromatic carbocycles. The summed E-state index contributed by atoms with van der Waals surface area (Å²) in [7, 11) is 1.84. The third-order valence-electron chi connectivity index (χ3n) is 5.07. The second-order valence-electron chi connectivity index (χ2n) is 7.31. The molecule has 5 aromatic rings. The van der Waals surface area contributed by atoms with Crippen molar-refractivity contribution in [2.45, 2.75) is 6.61 Å². The zero-order valence-electron chi connectivity index (χ0n) is 17.5. The fourth-order valence-corrected chi connectivity index (χ4v) is 3.50. The lowest BCUT2D eigenvalue weighted by molar-refractivity contribution is 0.304. The summed E-state index contributed by atoms with van der Waals surface area (Å²) < 4.78 is 13.6. The van der Waals surface area contributed by atoms with Crippen molar-refractivity contribution in [1.29, 1.82) is 0 Å². The molecule has 0 aliphatic rings. The summed E-state index contributed by atoms with van der Waals surface area (Å²) in [6.07, 6.45) is 1.44. The molecule has 2 aromatic heterocycles. The molecule has 7 nitrogen and oxygen atoms in total. The second-order valence-corrected chi connectivity index (χ2v) is 7.31. The summed E-state index contributed by atoms with van der Waals surface area (Å²) in [4.78, 5) is 8.38. The fourth-order valence-electron chi connectivity index (χ4n) is 3.50. The number of aromatic nitrogens is 4. The van der Waals surface area contributed by atoms with Crippen LogP contribution in [0, 0.1) is 0 Å². The van der Waals surface area contributed by atoms with Gasteiger partial charge in [-0.25, -0.2) is 14.6 Å². The zero-order valence-corrected chi connectivity index (χ0v) is 17.5. The molecule has 2 N–H and O–H groups in total. The number of hydrogen-bond acceptors (Lipinski definition) is 6. The predicted molar refractivity (Wildman–Crippen MR) is 123 cm³/mol. The van der Waals surface area contributed by atoms with Crippen LogP contribution in [0.4, 0.5) is 5.82 Å². The van der Waals surface area contributed by atoms with Crippen LogP contribution in [-0.2, 0) is 13.7 Å². The van der Waals surface area contributed by atoms with Gasteiger partial charge in [-0.05, 0) is 42.0 Å². The van der Waals surface area contributed by atoms with Crippen LogP contribution < -0.4 is 15.2 Å². The van der Waals surface area contributed by atoms with Gasteiger partial charge in [0.1, 0.15) is 41.7 Å². The normalized spacial score (nSPS) is 10.9. The van der Waals surface area contributed by atoms with Gasteiger partial charge in [-0.15, -0.1) is 0 Å². The SMILES string of the molecule is Cn1nc(-c2ccc(Oc3cccc(OCc4ccccc4)c3)cc2)c2c(N)ncnc21. The van der Waals surface area contributed by atoms with Gasteiger partial charge in [0.2, 0.25) is 0 Å². The van der Waals surface area contributed by atoms with Gasteiger partial charge in [-0.3, -0.25) is 0 Å². The maximum absolute atomic E-state index is 6.07. The van der Waals surface area contributed by atoms with E-state index in [0.29, 0.717) is 29.6 Å². The average Bonchev–Trinajstić information content (AvgIpc) is 3.17. The third kappa shape index (κ3) is 3.96. The molecule has 0 amide bonds. The van der Waals surface area contributed by atoms with E-state index in [1.54, 1.807) is 4.68 Å². The summed E-state index contributed by atoms with van der Waals surface area (Å²) in [6, 6.07) is 25.3. The number of nitrogens with two attached hydrogens (primary N) is 1. The Labute approximate surface area is 185 Å². The molecule has 0 atom stereocenters. The molecular weight excluding hydrogens is 402 g/mol. The van der Waals surface area contributed by atoms with E-state index in [1.807, 2.05) is 85.9 Å². The number of nitrogens with zero attached hydrogens (tertiary/aromatic N) is 4. The van der Waals surface area contributed by atoms with Crippen LogP contribution in [0.3, 0.4) is 0 Å². The highest BCUT2D eigenvalue weighted by molar-refractivity contribution is 5.98. The van der Waals surface area contributed by atoms with Crippen LogP contribution in [0.2, 0.25) is 0 Å². The molecule has 2 heterocycles. The Bertz CT molecular complexity index is 1360. The molecule has 0 saturated heterocycles. The number of aryl methyl sites for hydroxylation is 1. The minimum atomic E-state index is 0.408. The molecular formula is C25H21N5O2. The number of benzene rings is 3. The van der Waals surface area contributed by atoms with Crippen LogP contribution in [0.25, 0.3) is 22.3 Å². The van der Waals surface area contributed by atoms with Crippen molar-refractivity contribution in [2.75, 3.05) is 5.73 Å². The topological polar surface area (TPSA) is 88.1 Å². The minimum Gasteiger partial charge on any atom is -0.489 e. The zero-order chi connectivity index (χ0) is 21.9.